The summed E-state index contributed by atoms with van der Waals surface area (Å²) in [7, 11) is 1.43. The Kier molecular flexibility index (Phi) is 6.79. The fraction of sp³-hybridized carbons (Fsp3) is 0.150. The lowest BCUT2D eigenvalue weighted by molar-refractivity contribution is 0.286. The Labute approximate surface area is 147 Å². The Balaban J connectivity index is 1.93. The van der Waals surface area contributed by atoms with Crippen LogP contribution >= 0.6 is 0 Å². The van der Waals surface area contributed by atoms with Gasteiger partial charge in [0.25, 0.3) is 0 Å². The van der Waals surface area contributed by atoms with Gasteiger partial charge < -0.3 is 9.47 Å². The molecule has 25 heavy (non-hydrogen) atoms. The van der Waals surface area contributed by atoms with Crippen molar-refractivity contribution in [1.29, 1.82) is 10.5 Å². The third-order valence-corrected chi connectivity index (χ3v) is 3.35. The second-order valence-electron chi connectivity index (χ2n) is 5.01. The van der Waals surface area contributed by atoms with E-state index in [1.165, 1.54) is 7.11 Å². The minimum Gasteiger partial charge on any atom is -0.499 e. The number of hydrogen-bond acceptors (Lipinski definition) is 5. The minimum absolute atomic E-state index is 0.0430. The Bertz CT molecular complexity index is 810. The first-order valence-corrected chi connectivity index (χ1v) is 7.63. The Morgan fingerprint density at radius 3 is 2.32 bits per heavy atom. The summed E-state index contributed by atoms with van der Waals surface area (Å²) < 4.78 is 10.8. The minimum atomic E-state index is -0.0430. The summed E-state index contributed by atoms with van der Waals surface area (Å²) in [5.41, 5.74) is 1.81. The first kappa shape index (κ1) is 17.8. The normalized spacial score (nSPS) is 9.88. The monoisotopic (exact) mass is 331 g/mol. The second kappa shape index (κ2) is 9.54. The summed E-state index contributed by atoms with van der Waals surface area (Å²) in [5, 5.41) is 17.7. The van der Waals surface area contributed by atoms with Crippen LogP contribution in [0.2, 0.25) is 0 Å². The molecule has 0 N–H and O–H groups in total. The predicted octanol–water partition coefficient (Wildman–Crippen LogP) is 4.31. The molecule has 124 valence electrons. The van der Waals surface area contributed by atoms with Gasteiger partial charge in [-0.05, 0) is 29.8 Å². The van der Waals surface area contributed by atoms with Crippen LogP contribution in [0.15, 0.2) is 70.9 Å². The molecule has 2 rings (SSSR count). The maximum Gasteiger partial charge on any atom is 0.167 e. The van der Waals surface area contributed by atoms with Crippen molar-refractivity contribution >= 4 is 11.9 Å². The van der Waals surface area contributed by atoms with E-state index in [2.05, 4.69) is 4.99 Å². The molecule has 2 aromatic carbocycles. The van der Waals surface area contributed by atoms with Crippen LogP contribution in [-0.4, -0.2) is 13.3 Å². The number of allylic oxidation sites excluding steroid dienone is 2. The number of rotatable bonds is 7. The highest BCUT2D eigenvalue weighted by atomic mass is 16.5. The van der Waals surface area contributed by atoms with E-state index in [1.807, 2.05) is 54.6 Å². The van der Waals surface area contributed by atoms with Crippen LogP contribution in [0.4, 0.5) is 5.69 Å². The highest BCUT2D eigenvalue weighted by Crippen LogP contribution is 2.19. The maximum absolute atomic E-state index is 8.84. The zero-order valence-corrected chi connectivity index (χ0v) is 13.8. The van der Waals surface area contributed by atoms with Crippen LogP contribution in [0.1, 0.15) is 12.0 Å². The van der Waals surface area contributed by atoms with E-state index in [0.29, 0.717) is 12.4 Å². The van der Waals surface area contributed by atoms with Gasteiger partial charge >= 0.3 is 0 Å². The van der Waals surface area contributed by atoms with Gasteiger partial charge in [0.1, 0.15) is 30.3 Å². The van der Waals surface area contributed by atoms with Gasteiger partial charge in [-0.1, -0.05) is 30.3 Å². The van der Waals surface area contributed by atoms with E-state index in [4.69, 9.17) is 20.0 Å². The lowest BCUT2D eigenvalue weighted by Gasteiger charge is -2.06. The van der Waals surface area contributed by atoms with Crippen molar-refractivity contribution in [2.24, 2.45) is 4.99 Å². The molecule has 0 aliphatic carbocycles. The van der Waals surface area contributed by atoms with Crippen LogP contribution in [0, 0.1) is 22.7 Å². The number of benzene rings is 2. The largest absolute Gasteiger partial charge is 0.499 e. The van der Waals surface area contributed by atoms with E-state index >= 15 is 0 Å². The topological polar surface area (TPSA) is 78.4 Å². The molecule has 2 aromatic rings. The van der Waals surface area contributed by atoms with Crippen molar-refractivity contribution in [1.82, 2.24) is 0 Å². The molecule has 0 aliphatic heterocycles. The lowest BCUT2D eigenvalue weighted by atomic mass is 10.2. The molecule has 0 spiro atoms. The number of ether oxygens (including phenoxy) is 2. The smallest absolute Gasteiger partial charge is 0.167 e. The summed E-state index contributed by atoms with van der Waals surface area (Å²) in [4.78, 5) is 4.29. The van der Waals surface area contributed by atoms with Crippen LogP contribution in [0.3, 0.4) is 0 Å². The van der Waals surface area contributed by atoms with Gasteiger partial charge in [-0.25, -0.2) is 0 Å². The van der Waals surface area contributed by atoms with E-state index < -0.39 is 0 Å². The average Bonchev–Trinajstić information content (AvgIpc) is 2.67. The molecule has 0 aromatic heterocycles. The summed E-state index contributed by atoms with van der Waals surface area (Å²) in [5.74, 6) is 1.06. The quantitative estimate of drug-likeness (QED) is 0.430. The van der Waals surface area contributed by atoms with E-state index in [-0.39, 0.29) is 12.0 Å². The average molecular weight is 331 g/mol. The predicted molar refractivity (Wildman–Crippen MR) is 95.2 cm³/mol. The van der Waals surface area contributed by atoms with E-state index in [0.717, 1.165) is 17.0 Å². The third-order valence-electron chi connectivity index (χ3n) is 3.35. The van der Waals surface area contributed by atoms with Gasteiger partial charge in [-0.2, -0.15) is 10.5 Å². The Hall–Kier alpha value is -3.57. The molecule has 0 atom stereocenters. The second-order valence-corrected chi connectivity index (χ2v) is 5.01. The van der Waals surface area contributed by atoms with E-state index in [1.54, 1.807) is 18.4 Å². The van der Waals surface area contributed by atoms with Crippen molar-refractivity contribution in [3.05, 3.63) is 71.5 Å². The highest BCUT2D eigenvalue weighted by molar-refractivity contribution is 5.66. The number of nitriles is 2. The molecule has 0 bridgehead atoms. The van der Waals surface area contributed by atoms with E-state index in [9.17, 15) is 0 Å². The van der Waals surface area contributed by atoms with Crippen molar-refractivity contribution in [3.8, 4) is 17.9 Å². The molecule has 0 unspecified atom stereocenters. The van der Waals surface area contributed by atoms with Crippen molar-refractivity contribution in [3.63, 3.8) is 0 Å². The van der Waals surface area contributed by atoms with Crippen LogP contribution in [-0.2, 0) is 11.3 Å². The lowest BCUT2D eigenvalue weighted by Crippen LogP contribution is -1.94. The number of aliphatic imine (C=N–C) groups is 1. The van der Waals surface area contributed by atoms with Gasteiger partial charge in [0.2, 0.25) is 0 Å². The van der Waals surface area contributed by atoms with Crippen molar-refractivity contribution < 1.29 is 9.47 Å². The summed E-state index contributed by atoms with van der Waals surface area (Å²) >= 11 is 0. The molecule has 0 aliphatic rings. The zero-order valence-electron chi connectivity index (χ0n) is 13.8. The molecule has 0 radical (unpaired) electrons. The number of methoxy groups -OCH3 is 1. The molecule has 0 fully saturated rings. The third kappa shape index (κ3) is 5.53. The number of nitrogens with zero attached hydrogens (tertiary/aromatic N) is 3. The molecular formula is C20H17N3O2. The van der Waals surface area contributed by atoms with Crippen molar-refractivity contribution in [2.75, 3.05) is 7.11 Å². The molecule has 0 saturated carbocycles. The summed E-state index contributed by atoms with van der Waals surface area (Å²) in [6, 6.07) is 20.9. The summed E-state index contributed by atoms with van der Waals surface area (Å²) in [6.45, 7) is 0.510. The van der Waals surface area contributed by atoms with Crippen LogP contribution in [0.25, 0.3) is 0 Å². The van der Waals surface area contributed by atoms with Crippen LogP contribution in [0.5, 0.6) is 5.75 Å². The van der Waals surface area contributed by atoms with Gasteiger partial charge in [0, 0.05) is 12.6 Å². The van der Waals surface area contributed by atoms with Gasteiger partial charge in [-0.15, -0.1) is 0 Å². The molecule has 0 heterocycles. The highest BCUT2D eigenvalue weighted by Gasteiger charge is 2.04. The molecular weight excluding hydrogens is 314 g/mol. The fourth-order valence-corrected chi connectivity index (χ4v) is 2.04. The SMILES string of the molecule is COC(CC=Nc1ccc(OCc2ccccc2)cc1)=C(C#N)C#N. The maximum atomic E-state index is 8.84. The van der Waals surface area contributed by atoms with Gasteiger partial charge in [-0.3, -0.25) is 4.99 Å². The first-order valence-electron chi connectivity index (χ1n) is 7.63. The fourth-order valence-electron chi connectivity index (χ4n) is 2.04. The van der Waals surface area contributed by atoms with Crippen molar-refractivity contribution in [2.45, 2.75) is 13.0 Å². The van der Waals surface area contributed by atoms with Gasteiger partial charge in [0.15, 0.2) is 5.57 Å². The molecule has 0 amide bonds. The zero-order chi connectivity index (χ0) is 17.9. The molecule has 0 saturated heterocycles. The first-order chi connectivity index (χ1) is 12.3. The Morgan fingerprint density at radius 1 is 1.04 bits per heavy atom. The molecule has 5 nitrogen and oxygen atoms in total. The van der Waals surface area contributed by atoms with Crippen LogP contribution < -0.4 is 4.74 Å². The summed E-state index contributed by atoms with van der Waals surface area (Å²) in [6.07, 6.45) is 1.88. The number of hydrogen-bond donors (Lipinski definition) is 0. The van der Waals surface area contributed by atoms with Gasteiger partial charge in [0.05, 0.1) is 12.8 Å². The standard InChI is InChI=1S/C20H17N3O2/c1-24-20(17(13-21)14-22)11-12-23-18-7-9-19(10-8-18)25-15-16-5-3-2-4-6-16/h2-10,12H,11,15H2,1H3. The molecule has 5 heteroatoms. The Morgan fingerprint density at radius 2 is 1.72 bits per heavy atom.